The van der Waals surface area contributed by atoms with Crippen LogP contribution in [0.2, 0.25) is 0 Å². The molecule has 8 heteroatoms. The number of aromatic amines is 1. The van der Waals surface area contributed by atoms with Crippen LogP contribution in [0.1, 0.15) is 35.4 Å². The molecule has 1 fully saturated rings. The molecule has 1 amide bonds. The number of nitrogens with zero attached hydrogens (tertiary/aromatic N) is 3. The number of hydrogen-bond donors (Lipinski definition) is 3. The Morgan fingerprint density at radius 2 is 2.00 bits per heavy atom. The fourth-order valence-corrected chi connectivity index (χ4v) is 3.05. The maximum absolute atomic E-state index is 14.0. The van der Waals surface area contributed by atoms with E-state index in [1.54, 1.807) is 30.6 Å². The molecule has 144 valence electrons. The summed E-state index contributed by atoms with van der Waals surface area (Å²) in [6.45, 7) is 0.496. The van der Waals surface area contributed by atoms with Crippen molar-refractivity contribution in [2.75, 3.05) is 11.9 Å². The maximum atomic E-state index is 14.0. The third kappa shape index (κ3) is 4.16. The Morgan fingerprint density at radius 3 is 2.75 bits per heavy atom. The summed E-state index contributed by atoms with van der Waals surface area (Å²) in [5.41, 5.74) is 0.935. The predicted octanol–water partition coefficient (Wildman–Crippen LogP) is 3.10. The van der Waals surface area contributed by atoms with Crippen LogP contribution in [-0.4, -0.2) is 38.3 Å². The smallest absolute Gasteiger partial charge is 0.251 e. The summed E-state index contributed by atoms with van der Waals surface area (Å²) in [5.74, 6) is 1.07. The second-order valence-corrected chi connectivity index (χ2v) is 6.98. The Hall–Kier alpha value is -3.29. The van der Waals surface area contributed by atoms with Crippen LogP contribution in [0.4, 0.5) is 10.1 Å². The highest BCUT2D eigenvalue weighted by atomic mass is 19.1. The molecule has 0 saturated heterocycles. The Morgan fingerprint density at radius 1 is 1.18 bits per heavy atom. The van der Waals surface area contributed by atoms with Crippen molar-refractivity contribution in [2.24, 2.45) is 0 Å². The first-order valence-corrected chi connectivity index (χ1v) is 9.24. The van der Waals surface area contributed by atoms with Gasteiger partial charge in [0.1, 0.15) is 11.5 Å². The molecule has 7 nitrogen and oxygen atoms in total. The van der Waals surface area contributed by atoms with E-state index in [0.717, 1.165) is 17.7 Å². The van der Waals surface area contributed by atoms with E-state index >= 15 is 0 Å². The van der Waals surface area contributed by atoms with Gasteiger partial charge >= 0.3 is 0 Å². The number of carbonyl (C=O) groups excluding carboxylic acids is 1. The highest BCUT2D eigenvalue weighted by molar-refractivity contribution is 5.95. The number of amides is 1. The van der Waals surface area contributed by atoms with E-state index in [4.69, 9.17) is 0 Å². The number of pyridine rings is 1. The first-order chi connectivity index (χ1) is 13.6. The number of aromatic nitrogens is 4. The Bertz CT molecular complexity index is 954. The van der Waals surface area contributed by atoms with Crippen molar-refractivity contribution < 1.29 is 9.18 Å². The van der Waals surface area contributed by atoms with Gasteiger partial charge in [0.05, 0.1) is 13.1 Å². The summed E-state index contributed by atoms with van der Waals surface area (Å²) < 4.78 is 14.0. The average Bonchev–Trinajstić information content (AvgIpc) is 3.19. The average molecular weight is 380 g/mol. The zero-order valence-corrected chi connectivity index (χ0v) is 15.3. The number of nitrogens with one attached hydrogen (secondary N) is 3. The molecule has 2 aromatic heterocycles. The topological polar surface area (TPSA) is 95.6 Å². The van der Waals surface area contributed by atoms with Gasteiger partial charge in [-0.2, -0.15) is 0 Å². The lowest BCUT2D eigenvalue weighted by Crippen LogP contribution is -2.44. The Balaban J connectivity index is 1.35. The summed E-state index contributed by atoms with van der Waals surface area (Å²) >= 11 is 0. The number of H-pyrrole nitrogens is 1. The number of alkyl halides is 1. The number of carbonyl (C=O) groups is 1. The SMILES string of the molecule is O=C(NCC1(F)CCC1)c1cccc(NCc2nnc(-c3ccncc3)[nH]2)c1. The summed E-state index contributed by atoms with van der Waals surface area (Å²) in [6.07, 6.45) is 5.32. The van der Waals surface area contributed by atoms with E-state index < -0.39 is 5.67 Å². The van der Waals surface area contributed by atoms with Gasteiger partial charge in [-0.3, -0.25) is 9.78 Å². The molecular weight excluding hydrogens is 359 g/mol. The van der Waals surface area contributed by atoms with E-state index in [1.807, 2.05) is 18.2 Å². The largest absolute Gasteiger partial charge is 0.378 e. The van der Waals surface area contributed by atoms with Crippen LogP contribution in [0.15, 0.2) is 48.8 Å². The molecule has 3 N–H and O–H groups in total. The van der Waals surface area contributed by atoms with Crippen LogP contribution in [0.3, 0.4) is 0 Å². The fraction of sp³-hybridized carbons (Fsp3) is 0.300. The number of benzene rings is 1. The van der Waals surface area contributed by atoms with E-state index in [1.165, 1.54) is 0 Å². The Kier molecular flexibility index (Phi) is 5.01. The zero-order chi connectivity index (χ0) is 19.4. The summed E-state index contributed by atoms with van der Waals surface area (Å²) in [4.78, 5) is 19.4. The molecule has 0 spiro atoms. The van der Waals surface area contributed by atoms with Crippen LogP contribution in [-0.2, 0) is 6.54 Å². The van der Waals surface area contributed by atoms with Gasteiger partial charge in [0, 0.05) is 29.2 Å². The molecule has 0 aliphatic heterocycles. The van der Waals surface area contributed by atoms with Crippen molar-refractivity contribution in [1.82, 2.24) is 25.5 Å². The van der Waals surface area contributed by atoms with E-state index in [2.05, 4.69) is 30.8 Å². The zero-order valence-electron chi connectivity index (χ0n) is 15.3. The van der Waals surface area contributed by atoms with E-state index in [9.17, 15) is 9.18 Å². The normalized spacial score (nSPS) is 14.9. The second-order valence-electron chi connectivity index (χ2n) is 6.98. The highest BCUT2D eigenvalue weighted by Crippen LogP contribution is 2.34. The third-order valence-electron chi connectivity index (χ3n) is 4.89. The lowest BCUT2D eigenvalue weighted by atomic mass is 9.82. The third-order valence-corrected chi connectivity index (χ3v) is 4.89. The molecule has 0 unspecified atom stereocenters. The molecule has 3 aromatic rings. The van der Waals surface area contributed by atoms with Gasteiger partial charge in [-0.05, 0) is 49.6 Å². The summed E-state index contributed by atoms with van der Waals surface area (Å²) in [5, 5.41) is 14.2. The van der Waals surface area contributed by atoms with Crippen LogP contribution >= 0.6 is 0 Å². The van der Waals surface area contributed by atoms with Crippen LogP contribution in [0.5, 0.6) is 0 Å². The highest BCUT2D eigenvalue weighted by Gasteiger charge is 2.37. The van der Waals surface area contributed by atoms with Gasteiger partial charge in [-0.15, -0.1) is 10.2 Å². The number of rotatable bonds is 7. The van der Waals surface area contributed by atoms with Crippen LogP contribution < -0.4 is 10.6 Å². The molecule has 0 atom stereocenters. The van der Waals surface area contributed by atoms with Crippen molar-refractivity contribution in [2.45, 2.75) is 31.5 Å². The molecule has 1 aliphatic rings. The van der Waals surface area contributed by atoms with Gasteiger partial charge in [-0.1, -0.05) is 6.07 Å². The van der Waals surface area contributed by atoms with E-state index in [-0.39, 0.29) is 12.5 Å². The van der Waals surface area contributed by atoms with Crippen molar-refractivity contribution >= 4 is 11.6 Å². The molecule has 1 saturated carbocycles. The molecule has 1 aliphatic carbocycles. The minimum Gasteiger partial charge on any atom is -0.378 e. The van der Waals surface area contributed by atoms with Gasteiger partial charge in [0.15, 0.2) is 5.82 Å². The predicted molar refractivity (Wildman–Crippen MR) is 103 cm³/mol. The van der Waals surface area contributed by atoms with Crippen molar-refractivity contribution in [3.05, 3.63) is 60.2 Å². The molecule has 28 heavy (non-hydrogen) atoms. The Labute approximate surface area is 161 Å². The first-order valence-electron chi connectivity index (χ1n) is 9.24. The van der Waals surface area contributed by atoms with Crippen molar-refractivity contribution in [3.8, 4) is 11.4 Å². The molecule has 2 heterocycles. The van der Waals surface area contributed by atoms with Crippen molar-refractivity contribution in [1.29, 1.82) is 0 Å². The number of anilines is 1. The lowest BCUT2D eigenvalue weighted by Gasteiger charge is -2.33. The quantitative estimate of drug-likeness (QED) is 0.585. The minimum absolute atomic E-state index is 0.0688. The van der Waals surface area contributed by atoms with Crippen LogP contribution in [0.25, 0.3) is 11.4 Å². The minimum atomic E-state index is -1.23. The molecular formula is C20H21FN6O. The molecule has 0 radical (unpaired) electrons. The summed E-state index contributed by atoms with van der Waals surface area (Å²) in [6, 6.07) is 10.8. The standard InChI is InChI=1S/C20H21FN6O/c21-20(7-2-8-20)13-24-19(28)15-3-1-4-16(11-15)23-12-17-25-18(27-26-17)14-5-9-22-10-6-14/h1,3-6,9-11,23H,2,7-8,12-13H2,(H,24,28)(H,25,26,27). The maximum Gasteiger partial charge on any atom is 0.251 e. The number of halogens is 1. The van der Waals surface area contributed by atoms with Gasteiger partial charge in [0.25, 0.3) is 5.91 Å². The monoisotopic (exact) mass is 380 g/mol. The first kappa shape index (κ1) is 18.1. The molecule has 0 bridgehead atoms. The molecule has 4 rings (SSSR count). The number of hydrogen-bond acceptors (Lipinski definition) is 5. The van der Waals surface area contributed by atoms with Gasteiger partial charge in [-0.25, -0.2) is 4.39 Å². The fourth-order valence-electron chi connectivity index (χ4n) is 3.05. The van der Waals surface area contributed by atoms with Crippen LogP contribution in [0, 0.1) is 0 Å². The molecule has 1 aromatic carbocycles. The van der Waals surface area contributed by atoms with Gasteiger partial charge < -0.3 is 15.6 Å². The second kappa shape index (κ2) is 7.75. The van der Waals surface area contributed by atoms with Gasteiger partial charge in [0.2, 0.25) is 0 Å². The van der Waals surface area contributed by atoms with Crippen molar-refractivity contribution in [3.63, 3.8) is 0 Å². The van der Waals surface area contributed by atoms with E-state index in [0.29, 0.717) is 36.6 Å². The summed E-state index contributed by atoms with van der Waals surface area (Å²) in [7, 11) is 0. The lowest BCUT2D eigenvalue weighted by molar-refractivity contribution is 0.0577.